The summed E-state index contributed by atoms with van der Waals surface area (Å²) in [6.07, 6.45) is -0.499. The lowest BCUT2D eigenvalue weighted by atomic mass is 10.1. The molecule has 0 aromatic carbocycles. The van der Waals surface area contributed by atoms with Crippen LogP contribution in [0.2, 0.25) is 0 Å². The van der Waals surface area contributed by atoms with Crippen LogP contribution in [-0.4, -0.2) is 46.8 Å². The Morgan fingerprint density at radius 3 is 2.18 bits per heavy atom. The summed E-state index contributed by atoms with van der Waals surface area (Å²) in [5.41, 5.74) is -1.16. The average molecular weight is 247 g/mol. The zero-order valence-electron chi connectivity index (χ0n) is 10.0. The summed E-state index contributed by atoms with van der Waals surface area (Å²) in [4.78, 5) is 32.8. The molecule has 1 unspecified atom stereocenters. The van der Waals surface area contributed by atoms with Gasteiger partial charge >= 0.3 is 11.9 Å². The third-order valence-corrected chi connectivity index (χ3v) is 2.31. The molecule has 98 valence electrons. The molecule has 0 bridgehead atoms. The highest BCUT2D eigenvalue weighted by Crippen LogP contribution is 2.09. The summed E-state index contributed by atoms with van der Waals surface area (Å²) in [6, 6.07) is -1.23. The third-order valence-electron chi connectivity index (χ3n) is 2.31. The van der Waals surface area contributed by atoms with Crippen molar-refractivity contribution in [3.63, 3.8) is 0 Å². The fraction of sp³-hybridized carbons (Fsp3) is 0.700. The average Bonchev–Trinajstić information content (AvgIpc) is 2.22. The third kappa shape index (κ3) is 5.30. The minimum Gasteiger partial charge on any atom is -0.481 e. The molecule has 1 amide bonds. The van der Waals surface area contributed by atoms with Gasteiger partial charge in [-0.25, -0.2) is 4.79 Å². The lowest BCUT2D eigenvalue weighted by Gasteiger charge is -2.24. The highest BCUT2D eigenvalue weighted by molar-refractivity contribution is 5.88. The highest BCUT2D eigenvalue weighted by atomic mass is 16.5. The summed E-state index contributed by atoms with van der Waals surface area (Å²) in [7, 11) is 1.33. The molecule has 0 saturated carbocycles. The summed E-state index contributed by atoms with van der Waals surface area (Å²) in [5, 5.41) is 19.5. The maximum Gasteiger partial charge on any atom is 0.326 e. The fourth-order valence-electron chi connectivity index (χ4n) is 0.950. The standard InChI is InChI=1S/C10H17NO6/c1-10(2,17-3)9(16)11-6(8(14)15)4-5-7(12)13/h6H,4-5H2,1-3H3,(H,11,16)(H,12,13)(H,14,15). The first kappa shape index (κ1) is 15.4. The van der Waals surface area contributed by atoms with E-state index >= 15 is 0 Å². The molecule has 0 aromatic heterocycles. The SMILES string of the molecule is COC(C)(C)C(=O)NC(CCC(=O)O)C(=O)O. The topological polar surface area (TPSA) is 113 Å². The molecule has 0 heterocycles. The molecule has 0 rings (SSSR count). The van der Waals surface area contributed by atoms with Gasteiger partial charge in [0.05, 0.1) is 0 Å². The van der Waals surface area contributed by atoms with Gasteiger partial charge in [0.15, 0.2) is 0 Å². The smallest absolute Gasteiger partial charge is 0.326 e. The first-order chi connectivity index (χ1) is 7.70. The molecule has 0 radical (unpaired) electrons. The zero-order valence-corrected chi connectivity index (χ0v) is 10.0. The van der Waals surface area contributed by atoms with Gasteiger partial charge in [-0.3, -0.25) is 9.59 Å². The largest absolute Gasteiger partial charge is 0.481 e. The Kier molecular flexibility index (Phi) is 5.60. The number of amides is 1. The Hall–Kier alpha value is -1.63. The van der Waals surface area contributed by atoms with Crippen LogP contribution in [-0.2, 0) is 19.1 Å². The van der Waals surface area contributed by atoms with Crippen LogP contribution < -0.4 is 5.32 Å². The van der Waals surface area contributed by atoms with Gasteiger partial charge in [0.1, 0.15) is 11.6 Å². The Balaban J connectivity index is 4.50. The number of aliphatic carboxylic acids is 2. The van der Waals surface area contributed by atoms with Crippen molar-refractivity contribution in [3.8, 4) is 0 Å². The van der Waals surface area contributed by atoms with E-state index in [1.807, 2.05) is 0 Å². The lowest BCUT2D eigenvalue weighted by Crippen LogP contribution is -2.50. The van der Waals surface area contributed by atoms with Crippen molar-refractivity contribution in [2.75, 3.05) is 7.11 Å². The number of ether oxygens (including phenoxy) is 1. The predicted molar refractivity (Wildman–Crippen MR) is 57.5 cm³/mol. The molecule has 7 heteroatoms. The number of carboxylic acid groups (broad SMARTS) is 2. The van der Waals surface area contributed by atoms with Crippen LogP contribution >= 0.6 is 0 Å². The normalized spacial score (nSPS) is 12.9. The fourth-order valence-corrected chi connectivity index (χ4v) is 0.950. The second-order valence-electron chi connectivity index (χ2n) is 4.01. The number of nitrogens with one attached hydrogen (secondary N) is 1. The van der Waals surface area contributed by atoms with Crippen LogP contribution in [0.15, 0.2) is 0 Å². The molecule has 1 atom stereocenters. The monoisotopic (exact) mass is 247 g/mol. The van der Waals surface area contributed by atoms with E-state index in [1.54, 1.807) is 0 Å². The lowest BCUT2D eigenvalue weighted by molar-refractivity contribution is -0.148. The maximum atomic E-state index is 11.6. The van der Waals surface area contributed by atoms with Crippen molar-refractivity contribution in [2.45, 2.75) is 38.3 Å². The van der Waals surface area contributed by atoms with E-state index in [0.717, 1.165) is 0 Å². The van der Waals surface area contributed by atoms with Gasteiger partial charge in [0.25, 0.3) is 5.91 Å². The second kappa shape index (κ2) is 6.19. The van der Waals surface area contributed by atoms with Crippen molar-refractivity contribution in [3.05, 3.63) is 0 Å². The molecular formula is C10H17NO6. The van der Waals surface area contributed by atoms with E-state index in [2.05, 4.69) is 5.32 Å². The molecule has 3 N–H and O–H groups in total. The van der Waals surface area contributed by atoms with Gasteiger partial charge in [0, 0.05) is 13.5 Å². The van der Waals surface area contributed by atoms with Gasteiger partial charge in [-0.05, 0) is 20.3 Å². The highest BCUT2D eigenvalue weighted by Gasteiger charge is 2.31. The number of hydrogen-bond donors (Lipinski definition) is 3. The molecule has 0 aromatic rings. The van der Waals surface area contributed by atoms with Gasteiger partial charge in [0.2, 0.25) is 0 Å². The number of methoxy groups -OCH3 is 1. The molecule has 0 spiro atoms. The van der Waals surface area contributed by atoms with E-state index in [1.165, 1.54) is 21.0 Å². The van der Waals surface area contributed by atoms with E-state index in [-0.39, 0.29) is 12.8 Å². The van der Waals surface area contributed by atoms with Crippen molar-refractivity contribution in [1.29, 1.82) is 0 Å². The zero-order chi connectivity index (χ0) is 13.6. The molecule has 0 aliphatic carbocycles. The van der Waals surface area contributed by atoms with Crippen molar-refractivity contribution >= 4 is 17.8 Å². The molecule has 0 aliphatic rings. The van der Waals surface area contributed by atoms with Gasteiger partial charge in [-0.15, -0.1) is 0 Å². The number of hydrogen-bond acceptors (Lipinski definition) is 4. The first-order valence-corrected chi connectivity index (χ1v) is 5.01. The molecule has 0 saturated heterocycles. The first-order valence-electron chi connectivity index (χ1n) is 5.01. The molecular weight excluding hydrogens is 230 g/mol. The summed E-state index contributed by atoms with van der Waals surface area (Å²) < 4.78 is 4.88. The van der Waals surface area contributed by atoms with E-state index in [9.17, 15) is 14.4 Å². The van der Waals surface area contributed by atoms with Gasteiger partial charge < -0.3 is 20.3 Å². The van der Waals surface area contributed by atoms with Crippen molar-refractivity contribution in [2.24, 2.45) is 0 Å². The Bertz CT molecular complexity index is 312. The molecule has 0 fully saturated rings. The van der Waals surface area contributed by atoms with E-state index in [0.29, 0.717) is 0 Å². The maximum absolute atomic E-state index is 11.6. The van der Waals surface area contributed by atoms with Crippen molar-refractivity contribution in [1.82, 2.24) is 5.32 Å². The van der Waals surface area contributed by atoms with Crippen LogP contribution in [0, 0.1) is 0 Å². The van der Waals surface area contributed by atoms with E-state index in [4.69, 9.17) is 14.9 Å². The minimum absolute atomic E-state index is 0.170. The van der Waals surface area contributed by atoms with Crippen LogP contribution in [0.1, 0.15) is 26.7 Å². The number of carboxylic acids is 2. The molecule has 0 aliphatic heterocycles. The number of rotatable bonds is 7. The molecule has 7 nitrogen and oxygen atoms in total. The Morgan fingerprint density at radius 1 is 1.29 bits per heavy atom. The predicted octanol–water partition coefficient (Wildman–Crippen LogP) is -0.154. The number of carbonyl (C=O) groups excluding carboxylic acids is 1. The van der Waals surface area contributed by atoms with Gasteiger partial charge in [-0.2, -0.15) is 0 Å². The Labute approximate surface area is 98.8 Å². The van der Waals surface area contributed by atoms with Crippen LogP contribution in [0.25, 0.3) is 0 Å². The quantitative estimate of drug-likeness (QED) is 0.576. The van der Waals surface area contributed by atoms with Crippen LogP contribution in [0.4, 0.5) is 0 Å². The van der Waals surface area contributed by atoms with Crippen LogP contribution in [0.5, 0.6) is 0 Å². The Morgan fingerprint density at radius 2 is 1.82 bits per heavy atom. The van der Waals surface area contributed by atoms with Gasteiger partial charge in [-0.1, -0.05) is 0 Å². The van der Waals surface area contributed by atoms with Crippen molar-refractivity contribution < 1.29 is 29.3 Å². The molecule has 17 heavy (non-hydrogen) atoms. The summed E-state index contributed by atoms with van der Waals surface area (Å²) >= 11 is 0. The minimum atomic E-state index is -1.27. The summed E-state index contributed by atoms with van der Waals surface area (Å²) in [5.74, 6) is -2.99. The summed E-state index contributed by atoms with van der Waals surface area (Å²) in [6.45, 7) is 2.97. The second-order valence-corrected chi connectivity index (χ2v) is 4.01. The number of carbonyl (C=O) groups is 3. The van der Waals surface area contributed by atoms with E-state index < -0.39 is 29.5 Å². The van der Waals surface area contributed by atoms with Crippen LogP contribution in [0.3, 0.4) is 0 Å².